The van der Waals surface area contributed by atoms with Crippen molar-refractivity contribution in [2.24, 2.45) is 10.9 Å². The molecule has 1 aliphatic carbocycles. The van der Waals surface area contributed by atoms with Crippen LogP contribution >= 0.6 is 0 Å². The largest absolute Gasteiger partial charge is 0.459 e. The summed E-state index contributed by atoms with van der Waals surface area (Å²) < 4.78 is 34.5. The van der Waals surface area contributed by atoms with Crippen molar-refractivity contribution in [1.29, 1.82) is 0 Å². The highest BCUT2D eigenvalue weighted by Crippen LogP contribution is 2.38. The highest BCUT2D eigenvalue weighted by atomic mass is 16.7. The van der Waals surface area contributed by atoms with Crippen molar-refractivity contribution in [3.63, 3.8) is 0 Å². The van der Waals surface area contributed by atoms with Gasteiger partial charge in [0.2, 0.25) is 11.8 Å². The Morgan fingerprint density at radius 1 is 0.860 bits per heavy atom. The molecule has 0 aromatic carbocycles. The number of aliphatic imine (C=N–C) groups is 1. The molecule has 9 N–H and O–H groups in total. The molecule has 246 valence electrons. The molecule has 4 rings (SSSR count). The van der Waals surface area contributed by atoms with E-state index < -0.39 is 117 Å². The van der Waals surface area contributed by atoms with Crippen LogP contribution in [0.5, 0.6) is 0 Å². The zero-order valence-electron chi connectivity index (χ0n) is 24.2. The molecule has 3 heterocycles. The van der Waals surface area contributed by atoms with Crippen LogP contribution in [0.1, 0.15) is 13.8 Å². The first-order chi connectivity index (χ1) is 20.4. The summed E-state index contributed by atoms with van der Waals surface area (Å²) in [5.74, 6) is -1.91. The Hall–Kier alpha value is -2.23. The maximum absolute atomic E-state index is 12.2. The minimum atomic E-state index is -1.63. The Kier molecular flexibility index (Phi) is 11.2. The zero-order chi connectivity index (χ0) is 31.6. The molecule has 15 atom stereocenters. The predicted molar refractivity (Wildman–Crippen MR) is 141 cm³/mol. The van der Waals surface area contributed by atoms with E-state index in [2.05, 4.69) is 20.9 Å². The Bertz CT molecular complexity index is 1010. The van der Waals surface area contributed by atoms with Crippen molar-refractivity contribution in [2.75, 3.05) is 34.0 Å². The third-order valence-electron chi connectivity index (χ3n) is 8.06. The molecule has 0 spiro atoms. The average molecular weight is 623 g/mol. The van der Waals surface area contributed by atoms with Crippen molar-refractivity contribution in [2.45, 2.75) is 99.5 Å². The van der Waals surface area contributed by atoms with Crippen LogP contribution in [0.4, 0.5) is 0 Å². The fourth-order valence-corrected chi connectivity index (χ4v) is 6.03. The Morgan fingerprint density at radius 3 is 1.98 bits per heavy atom. The maximum atomic E-state index is 12.2. The number of carbonyl (C=O) groups is 2. The average Bonchev–Trinajstić information content (AvgIpc) is 3.49. The number of rotatable bonds is 10. The number of nitrogens with zero attached hydrogens (tertiary/aromatic N) is 1. The first-order valence-corrected chi connectivity index (χ1v) is 13.9. The van der Waals surface area contributed by atoms with E-state index in [1.165, 1.54) is 28.0 Å². The maximum Gasteiger partial charge on any atom is 0.285 e. The van der Waals surface area contributed by atoms with Crippen LogP contribution < -0.4 is 16.0 Å². The van der Waals surface area contributed by atoms with Gasteiger partial charge in [0.05, 0.1) is 37.9 Å². The molecule has 0 bridgehead atoms. The van der Waals surface area contributed by atoms with Crippen LogP contribution in [0.3, 0.4) is 0 Å². The number of methoxy groups -OCH3 is 1. The van der Waals surface area contributed by atoms with Crippen LogP contribution in [-0.2, 0) is 38.0 Å². The molecule has 1 saturated carbocycles. The van der Waals surface area contributed by atoms with Crippen LogP contribution in [0.25, 0.3) is 0 Å². The molecule has 0 aromatic heterocycles. The van der Waals surface area contributed by atoms with Gasteiger partial charge < -0.3 is 75.0 Å². The van der Waals surface area contributed by atoms with E-state index in [1.54, 1.807) is 0 Å². The van der Waals surface area contributed by atoms with Crippen LogP contribution in [0.15, 0.2) is 4.99 Å². The highest BCUT2D eigenvalue weighted by molar-refractivity contribution is 5.76. The molecule has 0 radical (unpaired) electrons. The fourth-order valence-electron chi connectivity index (χ4n) is 6.03. The van der Waals surface area contributed by atoms with E-state index in [1.807, 2.05) is 0 Å². The number of nitrogens with one attached hydrogen (secondary N) is 3. The number of aliphatic hydroxyl groups is 6. The minimum absolute atomic E-state index is 0.148. The standard InChI is InChI=1S/C25H42N4O14/c1-8(32)27-14-17(35)16(34)12(7-38-4)40-23(14)42-22-11(6-31)39-24(15(19(22)37)28-9(2)33)41-21-10(5-30)20-13(18(21)36)29-25(26-3)43-20/h10-24,30-31,34-37H,5-7H2,1-4H3,(H,26,29)(H,27,32)(H,28,33)/t10-,11+,12+,13+,14+,15+,16+,17-,18+,19+,20+,21?,22+,23-,24-/m0/s1. The number of carbonyl (C=O) groups excluding carboxylic acids is 2. The van der Waals surface area contributed by atoms with Gasteiger partial charge in [-0.2, -0.15) is 0 Å². The molecule has 3 aliphatic heterocycles. The lowest BCUT2D eigenvalue weighted by molar-refractivity contribution is -0.339. The SMILES string of the molecule is CN=C1N[C@H]2[C@H](O1)[C@H](CO)C(O[C@@H]1O[C@H](CO)[C@@H](O[C@@H]3O[C@H](COC)[C@@H](O)[C@@H](O)[C@H]3NC(C)=O)[C@H](O)[C@H]1NC(C)=O)[C@@H]2O. The molecule has 43 heavy (non-hydrogen) atoms. The molecule has 4 aliphatic rings. The van der Waals surface area contributed by atoms with Gasteiger partial charge in [0.1, 0.15) is 60.9 Å². The summed E-state index contributed by atoms with van der Waals surface area (Å²) in [6, 6.07) is -3.11. The Morgan fingerprint density at radius 2 is 1.44 bits per heavy atom. The van der Waals surface area contributed by atoms with E-state index in [9.17, 15) is 40.2 Å². The Balaban J connectivity index is 1.57. The van der Waals surface area contributed by atoms with Crippen molar-refractivity contribution in [3.8, 4) is 0 Å². The van der Waals surface area contributed by atoms with Crippen LogP contribution in [-0.4, -0.2) is 168 Å². The monoisotopic (exact) mass is 622 g/mol. The number of ether oxygens (including phenoxy) is 6. The topological polar surface area (TPSA) is 259 Å². The summed E-state index contributed by atoms with van der Waals surface area (Å²) in [5, 5.41) is 72.0. The van der Waals surface area contributed by atoms with Gasteiger partial charge in [-0.05, 0) is 0 Å². The molecule has 0 aromatic rings. The highest BCUT2D eigenvalue weighted by Gasteiger charge is 2.59. The van der Waals surface area contributed by atoms with Gasteiger partial charge in [-0.25, -0.2) is 4.99 Å². The second-order valence-electron chi connectivity index (χ2n) is 11.0. The molecule has 4 fully saturated rings. The van der Waals surface area contributed by atoms with Gasteiger partial charge in [0.15, 0.2) is 12.6 Å². The second-order valence-corrected chi connectivity index (χ2v) is 11.0. The van der Waals surface area contributed by atoms with Crippen molar-refractivity contribution >= 4 is 17.8 Å². The number of amides is 2. The molecule has 1 unspecified atom stereocenters. The Labute approximate surface area is 247 Å². The summed E-state index contributed by atoms with van der Waals surface area (Å²) in [7, 11) is 2.85. The van der Waals surface area contributed by atoms with Crippen LogP contribution in [0.2, 0.25) is 0 Å². The summed E-state index contributed by atoms with van der Waals surface area (Å²) in [6.45, 7) is 1.06. The van der Waals surface area contributed by atoms with Crippen molar-refractivity contribution < 1.29 is 68.6 Å². The van der Waals surface area contributed by atoms with E-state index in [4.69, 9.17) is 28.4 Å². The summed E-state index contributed by atoms with van der Waals surface area (Å²) >= 11 is 0. The fraction of sp³-hybridized carbons (Fsp3) is 0.880. The van der Waals surface area contributed by atoms with Gasteiger partial charge in [-0.3, -0.25) is 9.59 Å². The van der Waals surface area contributed by atoms with Crippen LogP contribution in [0, 0.1) is 5.92 Å². The summed E-state index contributed by atoms with van der Waals surface area (Å²) in [6.07, 6.45) is -14.4. The first-order valence-electron chi connectivity index (χ1n) is 13.9. The van der Waals surface area contributed by atoms with E-state index >= 15 is 0 Å². The number of hydrogen-bond donors (Lipinski definition) is 9. The van der Waals surface area contributed by atoms with Gasteiger partial charge in [-0.1, -0.05) is 0 Å². The molecule has 2 amide bonds. The lowest BCUT2D eigenvalue weighted by Crippen LogP contribution is -2.69. The quantitative estimate of drug-likeness (QED) is 0.110. The first kappa shape index (κ1) is 33.7. The van der Waals surface area contributed by atoms with Crippen molar-refractivity contribution in [3.05, 3.63) is 0 Å². The molecule has 18 nitrogen and oxygen atoms in total. The lowest BCUT2D eigenvalue weighted by atomic mass is 9.94. The van der Waals surface area contributed by atoms with E-state index in [-0.39, 0.29) is 12.6 Å². The summed E-state index contributed by atoms with van der Waals surface area (Å²) in [5.41, 5.74) is 0. The van der Waals surface area contributed by atoms with E-state index in [0.717, 1.165) is 0 Å². The zero-order valence-corrected chi connectivity index (χ0v) is 24.2. The molecule has 3 saturated heterocycles. The molecular weight excluding hydrogens is 580 g/mol. The number of hydrogen-bond acceptors (Lipinski definition) is 15. The minimum Gasteiger partial charge on any atom is -0.459 e. The van der Waals surface area contributed by atoms with Gasteiger partial charge in [0.25, 0.3) is 6.02 Å². The van der Waals surface area contributed by atoms with E-state index in [0.29, 0.717) is 0 Å². The predicted octanol–water partition coefficient (Wildman–Crippen LogP) is -5.74. The second kappa shape index (κ2) is 14.2. The number of amidine groups is 1. The third-order valence-corrected chi connectivity index (χ3v) is 8.06. The normalized spacial score (nSPS) is 45.3. The smallest absolute Gasteiger partial charge is 0.285 e. The summed E-state index contributed by atoms with van der Waals surface area (Å²) in [4.78, 5) is 28.0. The number of fused-ring (bicyclic) bond motifs is 1. The molecular formula is C25H42N4O14. The van der Waals surface area contributed by atoms with Gasteiger partial charge in [0, 0.05) is 28.0 Å². The lowest BCUT2D eigenvalue weighted by Gasteiger charge is -2.48. The van der Waals surface area contributed by atoms with Crippen molar-refractivity contribution in [1.82, 2.24) is 16.0 Å². The third kappa shape index (κ3) is 6.89. The van der Waals surface area contributed by atoms with Gasteiger partial charge in [-0.15, -0.1) is 0 Å². The molecule has 18 heteroatoms. The van der Waals surface area contributed by atoms with Gasteiger partial charge >= 0.3 is 0 Å². The number of aliphatic hydroxyl groups excluding tert-OH is 6.